The zero-order valence-corrected chi connectivity index (χ0v) is 18.2. The van der Waals surface area contributed by atoms with E-state index in [1.165, 1.54) is 18.5 Å². The van der Waals surface area contributed by atoms with E-state index < -0.39 is 18.0 Å². The average molecular weight is 476 g/mol. The lowest BCUT2D eigenvalue weighted by Gasteiger charge is -2.14. The molecule has 0 atom stereocenters. The second-order valence-corrected chi connectivity index (χ2v) is 7.40. The molecular formula is C26H19F3N4O2. The Hall–Kier alpha value is -4.53. The molecule has 0 radical (unpaired) electrons. The van der Waals surface area contributed by atoms with Gasteiger partial charge in [0.2, 0.25) is 5.90 Å². The summed E-state index contributed by atoms with van der Waals surface area (Å²) in [6.45, 7) is 0.228. The fourth-order valence-corrected chi connectivity index (χ4v) is 3.20. The molecule has 0 amide bonds. The maximum atomic E-state index is 12.8. The first kappa shape index (κ1) is 23.6. The molecule has 2 heterocycles. The monoisotopic (exact) mass is 476 g/mol. The lowest BCUT2D eigenvalue weighted by atomic mass is 10.0. The summed E-state index contributed by atoms with van der Waals surface area (Å²) in [4.78, 5) is 8.46. The predicted molar refractivity (Wildman–Crippen MR) is 127 cm³/mol. The number of nitrogens with zero attached hydrogens (tertiary/aromatic N) is 2. The molecule has 35 heavy (non-hydrogen) atoms. The maximum Gasteiger partial charge on any atom is 0.468 e. The Balaban J connectivity index is 1.53. The Morgan fingerprint density at radius 1 is 0.886 bits per heavy atom. The van der Waals surface area contributed by atoms with Gasteiger partial charge in [0, 0.05) is 23.4 Å². The van der Waals surface area contributed by atoms with Crippen LogP contribution in [0.15, 0.2) is 85.2 Å². The summed E-state index contributed by atoms with van der Waals surface area (Å²) in [5, 5.41) is 16.2. The number of pyridine rings is 2. The van der Waals surface area contributed by atoms with Crippen molar-refractivity contribution in [1.29, 1.82) is 10.8 Å². The third-order valence-corrected chi connectivity index (χ3v) is 4.93. The van der Waals surface area contributed by atoms with Crippen LogP contribution in [0.3, 0.4) is 0 Å². The van der Waals surface area contributed by atoms with Crippen LogP contribution in [0.25, 0.3) is 22.6 Å². The molecule has 176 valence electrons. The molecule has 0 aliphatic heterocycles. The molecule has 0 aliphatic rings. The summed E-state index contributed by atoms with van der Waals surface area (Å²) < 4.78 is 48.6. The molecular weight excluding hydrogens is 457 g/mol. The van der Waals surface area contributed by atoms with Gasteiger partial charge in [-0.1, -0.05) is 36.4 Å². The number of rotatable bonds is 6. The Bertz CT molecular complexity index is 1390. The molecule has 2 N–H and O–H groups in total. The quantitative estimate of drug-likeness (QED) is 0.253. The van der Waals surface area contributed by atoms with E-state index in [0.29, 0.717) is 16.9 Å². The standard InChI is InChI=1S/C26H19F3N4O2/c27-26(28,29)25(31)35-24(30)22(15-17-11-13-32-14-12-17)18-6-9-21(10-7-18)34-16-20-8-5-19-3-1-2-4-23(19)33-20/h1-15,30-31H,16H2/b22-15+,30-24?,31-25?. The van der Waals surface area contributed by atoms with E-state index in [1.54, 1.807) is 36.4 Å². The molecule has 4 rings (SSSR count). The second-order valence-electron chi connectivity index (χ2n) is 7.40. The fourth-order valence-electron chi connectivity index (χ4n) is 3.20. The molecule has 0 fully saturated rings. The minimum Gasteiger partial charge on any atom is -0.487 e. The van der Waals surface area contributed by atoms with Crippen LogP contribution in [0, 0.1) is 10.8 Å². The van der Waals surface area contributed by atoms with Gasteiger partial charge in [0.25, 0.3) is 5.90 Å². The number of benzene rings is 2. The summed E-state index contributed by atoms with van der Waals surface area (Å²) in [7, 11) is 0. The van der Waals surface area contributed by atoms with E-state index in [1.807, 2.05) is 36.4 Å². The largest absolute Gasteiger partial charge is 0.487 e. The van der Waals surface area contributed by atoms with E-state index in [-0.39, 0.29) is 12.2 Å². The topological polar surface area (TPSA) is 91.9 Å². The van der Waals surface area contributed by atoms with E-state index in [2.05, 4.69) is 14.7 Å². The van der Waals surface area contributed by atoms with E-state index in [0.717, 1.165) is 16.6 Å². The van der Waals surface area contributed by atoms with Gasteiger partial charge in [-0.2, -0.15) is 13.2 Å². The van der Waals surface area contributed by atoms with Crippen LogP contribution in [-0.2, 0) is 11.3 Å². The summed E-state index contributed by atoms with van der Waals surface area (Å²) >= 11 is 0. The van der Waals surface area contributed by atoms with Gasteiger partial charge >= 0.3 is 6.18 Å². The van der Waals surface area contributed by atoms with Crippen molar-refractivity contribution in [3.8, 4) is 5.75 Å². The molecule has 2 aromatic heterocycles. The van der Waals surface area contributed by atoms with Crippen molar-refractivity contribution in [1.82, 2.24) is 9.97 Å². The molecule has 9 heteroatoms. The van der Waals surface area contributed by atoms with Crippen LogP contribution in [0.5, 0.6) is 5.75 Å². The Kier molecular flexibility index (Phi) is 6.86. The molecule has 0 aliphatic carbocycles. The third kappa shape index (κ3) is 6.08. The minimum atomic E-state index is -5.00. The normalized spacial score (nSPS) is 11.8. The van der Waals surface area contributed by atoms with Gasteiger partial charge in [0.15, 0.2) is 0 Å². The zero-order chi connectivity index (χ0) is 24.8. The maximum absolute atomic E-state index is 12.8. The van der Waals surface area contributed by atoms with Crippen molar-refractivity contribution < 1.29 is 22.6 Å². The van der Waals surface area contributed by atoms with Crippen LogP contribution in [0.4, 0.5) is 13.2 Å². The number of halogens is 3. The van der Waals surface area contributed by atoms with Crippen molar-refractivity contribution in [2.24, 2.45) is 0 Å². The lowest BCUT2D eigenvalue weighted by molar-refractivity contribution is -0.0727. The summed E-state index contributed by atoms with van der Waals surface area (Å²) in [5.74, 6) is -2.26. The number of ether oxygens (including phenoxy) is 2. The van der Waals surface area contributed by atoms with Gasteiger partial charge < -0.3 is 9.47 Å². The number of hydrogen-bond acceptors (Lipinski definition) is 6. The van der Waals surface area contributed by atoms with Crippen molar-refractivity contribution in [3.63, 3.8) is 0 Å². The highest BCUT2D eigenvalue weighted by Gasteiger charge is 2.38. The Morgan fingerprint density at radius 3 is 2.31 bits per heavy atom. The van der Waals surface area contributed by atoms with Crippen molar-refractivity contribution in [2.75, 3.05) is 0 Å². The van der Waals surface area contributed by atoms with Crippen LogP contribution in [0.2, 0.25) is 0 Å². The first-order valence-corrected chi connectivity index (χ1v) is 10.4. The van der Waals surface area contributed by atoms with Crippen LogP contribution in [0.1, 0.15) is 16.8 Å². The van der Waals surface area contributed by atoms with E-state index >= 15 is 0 Å². The van der Waals surface area contributed by atoms with Crippen molar-refractivity contribution in [3.05, 3.63) is 102 Å². The zero-order valence-electron chi connectivity index (χ0n) is 18.2. The number of para-hydroxylation sites is 1. The van der Waals surface area contributed by atoms with Crippen LogP contribution < -0.4 is 4.74 Å². The van der Waals surface area contributed by atoms with Crippen LogP contribution >= 0.6 is 0 Å². The Morgan fingerprint density at radius 2 is 1.60 bits per heavy atom. The van der Waals surface area contributed by atoms with Gasteiger partial charge in [-0.15, -0.1) is 0 Å². The smallest absolute Gasteiger partial charge is 0.468 e. The highest BCUT2D eigenvalue weighted by atomic mass is 19.4. The summed E-state index contributed by atoms with van der Waals surface area (Å²) in [6.07, 6.45) is -0.474. The minimum absolute atomic E-state index is 0.0629. The van der Waals surface area contributed by atoms with Gasteiger partial charge in [-0.3, -0.25) is 15.8 Å². The molecule has 0 bridgehead atoms. The lowest BCUT2D eigenvalue weighted by Crippen LogP contribution is -2.27. The third-order valence-electron chi connectivity index (χ3n) is 4.93. The Labute approximate surface area is 198 Å². The SMILES string of the molecule is N=C(OC(=N)C(F)(F)F)/C(=C/c1ccncc1)c1ccc(OCc2ccc3ccccc3n2)cc1. The summed E-state index contributed by atoms with van der Waals surface area (Å²) in [5.41, 5.74) is 2.68. The predicted octanol–water partition coefficient (Wildman–Crippen LogP) is 6.28. The number of fused-ring (bicyclic) bond motifs is 1. The highest BCUT2D eigenvalue weighted by Crippen LogP contribution is 2.25. The number of alkyl halides is 3. The van der Waals surface area contributed by atoms with E-state index in [4.69, 9.17) is 15.6 Å². The van der Waals surface area contributed by atoms with Crippen molar-refractivity contribution in [2.45, 2.75) is 12.8 Å². The molecule has 0 saturated carbocycles. The first-order valence-electron chi connectivity index (χ1n) is 10.4. The summed E-state index contributed by atoms with van der Waals surface area (Å²) in [6, 6.07) is 21.3. The number of hydrogen-bond donors (Lipinski definition) is 2. The fraction of sp³-hybridized carbons (Fsp3) is 0.0769. The van der Waals surface area contributed by atoms with Gasteiger partial charge in [-0.05, 0) is 53.6 Å². The number of aromatic nitrogens is 2. The first-order chi connectivity index (χ1) is 16.8. The highest BCUT2D eigenvalue weighted by molar-refractivity contribution is 6.25. The van der Waals surface area contributed by atoms with E-state index in [9.17, 15) is 13.2 Å². The molecule has 4 aromatic rings. The van der Waals surface area contributed by atoms with Gasteiger partial charge in [-0.25, -0.2) is 4.98 Å². The second kappa shape index (κ2) is 10.2. The van der Waals surface area contributed by atoms with Crippen LogP contribution in [-0.4, -0.2) is 27.9 Å². The molecule has 0 saturated heterocycles. The van der Waals surface area contributed by atoms with Gasteiger partial charge in [0.05, 0.1) is 11.2 Å². The molecule has 0 spiro atoms. The average Bonchev–Trinajstić information content (AvgIpc) is 2.86. The molecule has 2 aromatic carbocycles. The van der Waals surface area contributed by atoms with Crippen molar-refractivity contribution >= 4 is 34.3 Å². The molecule has 0 unspecified atom stereocenters. The molecule has 6 nitrogen and oxygen atoms in total. The van der Waals surface area contributed by atoms with Gasteiger partial charge in [0.1, 0.15) is 12.4 Å². The number of nitrogens with one attached hydrogen (secondary N) is 2.